The second-order valence-electron chi connectivity index (χ2n) is 9.86. The maximum absolute atomic E-state index is 13.2. The molecule has 3 aliphatic rings. The number of piperazine rings is 1. The van der Waals surface area contributed by atoms with Crippen LogP contribution in [0.5, 0.6) is 0 Å². The number of rotatable bonds is 7. The number of amides is 2. The van der Waals surface area contributed by atoms with E-state index < -0.39 is 0 Å². The second kappa shape index (κ2) is 9.08. The quantitative estimate of drug-likeness (QED) is 0.683. The lowest BCUT2D eigenvalue weighted by molar-refractivity contribution is -0.149. The summed E-state index contributed by atoms with van der Waals surface area (Å²) in [6.45, 7) is 7.78. The van der Waals surface area contributed by atoms with E-state index in [1.807, 2.05) is 29.2 Å². The van der Waals surface area contributed by atoms with E-state index in [1.165, 1.54) is 12.8 Å². The van der Waals surface area contributed by atoms with Crippen molar-refractivity contribution in [3.63, 3.8) is 0 Å². The number of nitrogens with zero attached hydrogens (tertiary/aromatic N) is 5. The molecule has 0 N–H and O–H groups in total. The molecule has 0 aromatic carbocycles. The van der Waals surface area contributed by atoms with Crippen LogP contribution in [-0.2, 0) is 23.1 Å². The van der Waals surface area contributed by atoms with Gasteiger partial charge in [0.1, 0.15) is 5.82 Å². The summed E-state index contributed by atoms with van der Waals surface area (Å²) in [5.74, 6) is 2.46. The minimum absolute atomic E-state index is 0.0393. The molecule has 4 rings (SSSR count). The summed E-state index contributed by atoms with van der Waals surface area (Å²) >= 11 is 0. The van der Waals surface area contributed by atoms with Crippen LogP contribution < -0.4 is 0 Å². The molecule has 7 heteroatoms. The average molecular weight is 416 g/mol. The fourth-order valence-electron chi connectivity index (χ4n) is 5.04. The van der Waals surface area contributed by atoms with Gasteiger partial charge in [-0.05, 0) is 43.9 Å². The third-order valence-electron chi connectivity index (χ3n) is 7.02. The molecule has 1 aliphatic carbocycles. The van der Waals surface area contributed by atoms with Crippen molar-refractivity contribution in [1.82, 2.24) is 24.3 Å². The highest BCUT2D eigenvalue weighted by Gasteiger charge is 2.42. The molecule has 1 aromatic rings. The van der Waals surface area contributed by atoms with Gasteiger partial charge in [-0.3, -0.25) is 14.5 Å². The molecule has 2 aliphatic heterocycles. The number of piperidine rings is 1. The van der Waals surface area contributed by atoms with E-state index in [1.54, 1.807) is 0 Å². The molecule has 0 bridgehead atoms. The molecule has 1 atom stereocenters. The van der Waals surface area contributed by atoms with Crippen LogP contribution in [0.1, 0.15) is 51.8 Å². The van der Waals surface area contributed by atoms with Crippen LogP contribution >= 0.6 is 0 Å². The number of imidazole rings is 1. The van der Waals surface area contributed by atoms with Gasteiger partial charge in [0.15, 0.2) is 0 Å². The zero-order valence-corrected chi connectivity index (χ0v) is 18.8. The molecule has 1 aromatic heterocycles. The predicted molar refractivity (Wildman–Crippen MR) is 116 cm³/mol. The van der Waals surface area contributed by atoms with Crippen LogP contribution in [0.3, 0.4) is 0 Å². The summed E-state index contributed by atoms with van der Waals surface area (Å²) in [6, 6.07) is 0.552. The molecule has 3 fully saturated rings. The van der Waals surface area contributed by atoms with Crippen molar-refractivity contribution in [3.8, 4) is 0 Å². The van der Waals surface area contributed by atoms with Crippen LogP contribution in [0.25, 0.3) is 0 Å². The Balaban J connectivity index is 1.28. The summed E-state index contributed by atoms with van der Waals surface area (Å²) < 4.78 is 2.08. The Morgan fingerprint density at radius 3 is 2.47 bits per heavy atom. The Hall–Kier alpha value is -1.89. The zero-order valence-electron chi connectivity index (χ0n) is 18.8. The minimum Gasteiger partial charge on any atom is -0.341 e. The van der Waals surface area contributed by atoms with Gasteiger partial charge in [0.2, 0.25) is 11.8 Å². The Bertz CT molecular complexity index is 749. The van der Waals surface area contributed by atoms with Crippen LogP contribution in [0.15, 0.2) is 12.4 Å². The van der Waals surface area contributed by atoms with Gasteiger partial charge >= 0.3 is 0 Å². The molecular weight excluding hydrogens is 378 g/mol. The molecule has 0 radical (unpaired) electrons. The van der Waals surface area contributed by atoms with Crippen molar-refractivity contribution in [2.45, 2.75) is 64.5 Å². The Morgan fingerprint density at radius 2 is 1.87 bits per heavy atom. The maximum Gasteiger partial charge on any atom is 0.242 e. The van der Waals surface area contributed by atoms with Gasteiger partial charge in [-0.25, -0.2) is 4.98 Å². The van der Waals surface area contributed by atoms with E-state index in [0.29, 0.717) is 24.4 Å². The van der Waals surface area contributed by atoms with E-state index in [0.717, 1.165) is 51.1 Å². The molecule has 1 saturated carbocycles. The number of hydrogen-bond acceptors (Lipinski definition) is 4. The molecule has 0 spiro atoms. The summed E-state index contributed by atoms with van der Waals surface area (Å²) in [5.41, 5.74) is 0. The third-order valence-corrected chi connectivity index (χ3v) is 7.02. The SMILES string of the molecule is CC(C)CC1C(=O)N(CC(=O)N2CCC(Cc3nccn3C)CC2)CCN1C1CC1. The first-order valence-electron chi connectivity index (χ1n) is 11.7. The van der Waals surface area contributed by atoms with Crippen molar-refractivity contribution >= 4 is 11.8 Å². The fourth-order valence-corrected chi connectivity index (χ4v) is 5.04. The zero-order chi connectivity index (χ0) is 21.3. The Labute approximate surface area is 180 Å². The largest absolute Gasteiger partial charge is 0.341 e. The summed E-state index contributed by atoms with van der Waals surface area (Å²) in [4.78, 5) is 36.8. The molecule has 2 amide bonds. The van der Waals surface area contributed by atoms with Crippen molar-refractivity contribution in [2.75, 3.05) is 32.7 Å². The standard InChI is InChI=1S/C23H37N5O2/c1-17(2)14-20-23(30)27(12-13-28(20)19-4-5-19)16-22(29)26-9-6-18(7-10-26)15-21-24-8-11-25(21)3/h8,11,17-20H,4-7,9-10,12-16H2,1-3H3. The summed E-state index contributed by atoms with van der Waals surface area (Å²) in [7, 11) is 2.04. The molecule has 7 nitrogen and oxygen atoms in total. The van der Waals surface area contributed by atoms with Gasteiger partial charge in [0.25, 0.3) is 0 Å². The van der Waals surface area contributed by atoms with Crippen LogP contribution in [0, 0.1) is 11.8 Å². The van der Waals surface area contributed by atoms with E-state index in [2.05, 4.69) is 28.3 Å². The second-order valence-corrected chi connectivity index (χ2v) is 9.86. The molecule has 30 heavy (non-hydrogen) atoms. The molecule has 2 saturated heterocycles. The van der Waals surface area contributed by atoms with Gasteiger partial charge in [-0.2, -0.15) is 0 Å². The van der Waals surface area contributed by atoms with Crippen molar-refractivity contribution < 1.29 is 9.59 Å². The number of likely N-dealkylation sites (tertiary alicyclic amines) is 1. The lowest BCUT2D eigenvalue weighted by Crippen LogP contribution is -2.59. The molecular formula is C23H37N5O2. The minimum atomic E-state index is -0.0393. The number of hydrogen-bond donors (Lipinski definition) is 0. The number of aromatic nitrogens is 2. The van der Waals surface area contributed by atoms with E-state index in [9.17, 15) is 9.59 Å². The van der Waals surface area contributed by atoms with Crippen molar-refractivity contribution in [2.24, 2.45) is 18.9 Å². The number of carbonyl (C=O) groups is 2. The lowest BCUT2D eigenvalue weighted by Gasteiger charge is -2.42. The smallest absolute Gasteiger partial charge is 0.242 e. The Morgan fingerprint density at radius 1 is 1.13 bits per heavy atom. The monoisotopic (exact) mass is 415 g/mol. The maximum atomic E-state index is 13.2. The van der Waals surface area contributed by atoms with Crippen molar-refractivity contribution in [1.29, 1.82) is 0 Å². The highest BCUT2D eigenvalue weighted by Crippen LogP contribution is 2.32. The summed E-state index contributed by atoms with van der Waals surface area (Å²) in [5, 5.41) is 0. The summed E-state index contributed by atoms with van der Waals surface area (Å²) in [6.07, 6.45) is 10.2. The first-order chi connectivity index (χ1) is 14.4. The predicted octanol–water partition coefficient (Wildman–Crippen LogP) is 1.92. The first-order valence-corrected chi connectivity index (χ1v) is 11.7. The van der Waals surface area contributed by atoms with E-state index in [4.69, 9.17) is 0 Å². The van der Waals surface area contributed by atoms with Gasteiger partial charge in [-0.15, -0.1) is 0 Å². The van der Waals surface area contributed by atoms with Gasteiger partial charge in [-0.1, -0.05) is 13.8 Å². The lowest BCUT2D eigenvalue weighted by atomic mass is 9.93. The van der Waals surface area contributed by atoms with E-state index in [-0.39, 0.29) is 24.4 Å². The number of carbonyl (C=O) groups excluding carboxylic acids is 2. The molecule has 3 heterocycles. The molecule has 1 unspecified atom stereocenters. The highest BCUT2D eigenvalue weighted by atomic mass is 16.2. The normalized spacial score (nSPS) is 24.1. The topological polar surface area (TPSA) is 61.7 Å². The van der Waals surface area contributed by atoms with Crippen LogP contribution in [0.4, 0.5) is 0 Å². The van der Waals surface area contributed by atoms with Crippen molar-refractivity contribution in [3.05, 3.63) is 18.2 Å². The highest BCUT2D eigenvalue weighted by molar-refractivity contribution is 5.88. The van der Waals surface area contributed by atoms with Gasteiger partial charge in [0, 0.05) is 58.1 Å². The Kier molecular flexibility index (Phi) is 6.46. The van der Waals surface area contributed by atoms with E-state index >= 15 is 0 Å². The van der Waals surface area contributed by atoms with Gasteiger partial charge < -0.3 is 14.4 Å². The van der Waals surface area contributed by atoms with Crippen LogP contribution in [0.2, 0.25) is 0 Å². The third kappa shape index (κ3) is 4.88. The first kappa shape index (κ1) is 21.3. The van der Waals surface area contributed by atoms with Gasteiger partial charge in [0.05, 0.1) is 12.6 Å². The van der Waals surface area contributed by atoms with Crippen LogP contribution in [-0.4, -0.2) is 80.9 Å². The average Bonchev–Trinajstić information content (AvgIpc) is 3.48. The fraction of sp³-hybridized carbons (Fsp3) is 0.783. The molecule has 166 valence electrons. The number of aryl methyl sites for hydroxylation is 1.